The first-order valence-electron chi connectivity index (χ1n) is 4.20. The van der Waals surface area contributed by atoms with Crippen molar-refractivity contribution in [2.45, 2.75) is 20.4 Å². The fraction of sp³-hybridized carbons (Fsp3) is 0.500. The summed E-state index contributed by atoms with van der Waals surface area (Å²) in [5.41, 5.74) is 2.57. The SMILES string of the molecule is COCC[n+]1c(C)cccc1C. The van der Waals surface area contributed by atoms with E-state index in [9.17, 15) is 0 Å². The Morgan fingerprint density at radius 1 is 1.25 bits per heavy atom. The number of hydrogen-bond acceptors (Lipinski definition) is 1. The van der Waals surface area contributed by atoms with Crippen LogP contribution < -0.4 is 4.57 Å². The summed E-state index contributed by atoms with van der Waals surface area (Å²) in [7, 11) is 1.73. The Bertz CT molecular complexity index is 238. The Labute approximate surface area is 73.8 Å². The minimum absolute atomic E-state index is 0.774. The molecule has 0 saturated heterocycles. The molecule has 0 N–H and O–H groups in total. The average molecular weight is 166 g/mol. The summed E-state index contributed by atoms with van der Waals surface area (Å²) in [6.45, 7) is 5.94. The van der Waals surface area contributed by atoms with Crippen LogP contribution >= 0.6 is 0 Å². The second kappa shape index (κ2) is 4.21. The van der Waals surface area contributed by atoms with Crippen molar-refractivity contribution in [3.05, 3.63) is 29.6 Å². The zero-order chi connectivity index (χ0) is 8.97. The molecule has 0 fully saturated rings. The predicted molar refractivity (Wildman–Crippen MR) is 48.0 cm³/mol. The molecule has 0 bridgehead atoms. The number of methoxy groups -OCH3 is 1. The van der Waals surface area contributed by atoms with Gasteiger partial charge in [0.2, 0.25) is 0 Å². The molecule has 66 valence electrons. The van der Waals surface area contributed by atoms with Gasteiger partial charge in [-0.05, 0) is 6.07 Å². The number of aromatic nitrogens is 1. The molecule has 12 heavy (non-hydrogen) atoms. The maximum Gasteiger partial charge on any atom is 0.178 e. The summed E-state index contributed by atoms with van der Waals surface area (Å²) < 4.78 is 7.29. The molecular weight excluding hydrogens is 150 g/mol. The second-order valence-corrected chi connectivity index (χ2v) is 2.95. The third-order valence-corrected chi connectivity index (χ3v) is 2.05. The normalized spacial score (nSPS) is 10.2. The van der Waals surface area contributed by atoms with Crippen LogP contribution in [0, 0.1) is 13.8 Å². The van der Waals surface area contributed by atoms with E-state index in [-0.39, 0.29) is 0 Å². The number of ether oxygens (including phenoxy) is 1. The van der Waals surface area contributed by atoms with Crippen LogP contribution in [0.5, 0.6) is 0 Å². The zero-order valence-corrected chi connectivity index (χ0v) is 8.00. The van der Waals surface area contributed by atoms with E-state index in [0.717, 1.165) is 13.2 Å². The number of hydrogen-bond donors (Lipinski definition) is 0. The van der Waals surface area contributed by atoms with Crippen molar-refractivity contribution >= 4 is 0 Å². The minimum Gasteiger partial charge on any atom is -0.378 e. The number of nitrogens with zero attached hydrogens (tertiary/aromatic N) is 1. The molecule has 0 aliphatic rings. The van der Waals surface area contributed by atoms with E-state index in [1.807, 2.05) is 0 Å². The van der Waals surface area contributed by atoms with Gasteiger partial charge in [-0.2, -0.15) is 4.57 Å². The molecule has 2 heteroatoms. The van der Waals surface area contributed by atoms with Crippen LogP contribution in [0.3, 0.4) is 0 Å². The van der Waals surface area contributed by atoms with Gasteiger partial charge in [-0.25, -0.2) is 0 Å². The van der Waals surface area contributed by atoms with Crippen LogP contribution in [0.1, 0.15) is 11.4 Å². The number of aryl methyl sites for hydroxylation is 2. The molecule has 1 rings (SSSR count). The molecule has 0 aliphatic carbocycles. The largest absolute Gasteiger partial charge is 0.378 e. The van der Waals surface area contributed by atoms with Gasteiger partial charge in [-0.3, -0.25) is 0 Å². The maximum atomic E-state index is 5.03. The first-order valence-corrected chi connectivity index (χ1v) is 4.20. The van der Waals surface area contributed by atoms with Gasteiger partial charge < -0.3 is 4.74 Å². The Balaban J connectivity index is 2.81. The van der Waals surface area contributed by atoms with Gasteiger partial charge in [0, 0.05) is 33.1 Å². The summed E-state index contributed by atoms with van der Waals surface area (Å²) in [5, 5.41) is 0. The quantitative estimate of drug-likeness (QED) is 0.616. The van der Waals surface area contributed by atoms with Crippen LogP contribution in [-0.4, -0.2) is 13.7 Å². The minimum atomic E-state index is 0.774. The summed E-state index contributed by atoms with van der Waals surface area (Å²) in [6, 6.07) is 6.30. The van der Waals surface area contributed by atoms with Gasteiger partial charge in [0.25, 0.3) is 0 Å². The molecule has 0 amide bonds. The molecule has 1 aromatic heterocycles. The van der Waals surface area contributed by atoms with Crippen molar-refractivity contribution in [1.29, 1.82) is 0 Å². The molecule has 0 aliphatic heterocycles. The Morgan fingerprint density at radius 3 is 2.33 bits per heavy atom. The lowest BCUT2D eigenvalue weighted by Crippen LogP contribution is -2.41. The molecule has 0 radical (unpaired) electrons. The van der Waals surface area contributed by atoms with Crippen molar-refractivity contribution in [3.63, 3.8) is 0 Å². The van der Waals surface area contributed by atoms with E-state index in [2.05, 4.69) is 36.6 Å². The third-order valence-electron chi connectivity index (χ3n) is 2.05. The van der Waals surface area contributed by atoms with Gasteiger partial charge in [-0.15, -0.1) is 0 Å². The van der Waals surface area contributed by atoms with Crippen molar-refractivity contribution in [2.24, 2.45) is 0 Å². The average Bonchev–Trinajstić information content (AvgIpc) is 2.04. The topological polar surface area (TPSA) is 13.1 Å². The summed E-state index contributed by atoms with van der Waals surface area (Å²) >= 11 is 0. The van der Waals surface area contributed by atoms with E-state index in [1.165, 1.54) is 11.4 Å². The van der Waals surface area contributed by atoms with E-state index in [0.29, 0.717) is 0 Å². The van der Waals surface area contributed by atoms with Crippen molar-refractivity contribution < 1.29 is 9.30 Å². The fourth-order valence-electron chi connectivity index (χ4n) is 1.32. The molecule has 0 unspecified atom stereocenters. The molecular formula is C10H16NO+. The maximum absolute atomic E-state index is 5.03. The molecule has 0 aromatic carbocycles. The highest BCUT2D eigenvalue weighted by atomic mass is 16.5. The number of pyridine rings is 1. The van der Waals surface area contributed by atoms with Crippen LogP contribution in [-0.2, 0) is 11.3 Å². The molecule has 0 spiro atoms. The first-order chi connectivity index (χ1) is 5.75. The first kappa shape index (κ1) is 9.20. The fourth-order valence-corrected chi connectivity index (χ4v) is 1.32. The smallest absolute Gasteiger partial charge is 0.178 e. The van der Waals surface area contributed by atoms with Gasteiger partial charge in [0.1, 0.15) is 6.61 Å². The standard InChI is InChI=1S/C10H16NO/c1-9-5-4-6-10(2)11(9)7-8-12-3/h4-6H,7-8H2,1-3H3/q+1. The lowest BCUT2D eigenvalue weighted by molar-refractivity contribution is -0.709. The zero-order valence-electron chi connectivity index (χ0n) is 8.00. The van der Waals surface area contributed by atoms with Crippen LogP contribution in [0.15, 0.2) is 18.2 Å². The van der Waals surface area contributed by atoms with E-state index in [1.54, 1.807) is 7.11 Å². The van der Waals surface area contributed by atoms with Crippen LogP contribution in [0.2, 0.25) is 0 Å². The summed E-state index contributed by atoms with van der Waals surface area (Å²) in [4.78, 5) is 0. The van der Waals surface area contributed by atoms with Crippen molar-refractivity contribution in [2.75, 3.05) is 13.7 Å². The Morgan fingerprint density at radius 2 is 1.83 bits per heavy atom. The highest BCUT2D eigenvalue weighted by molar-refractivity contribution is 5.00. The second-order valence-electron chi connectivity index (χ2n) is 2.95. The van der Waals surface area contributed by atoms with Gasteiger partial charge in [0.05, 0.1) is 0 Å². The van der Waals surface area contributed by atoms with Crippen LogP contribution in [0.25, 0.3) is 0 Å². The van der Waals surface area contributed by atoms with Crippen molar-refractivity contribution in [3.8, 4) is 0 Å². The molecule has 1 heterocycles. The Kier molecular flexibility index (Phi) is 3.23. The summed E-state index contributed by atoms with van der Waals surface area (Å²) in [5.74, 6) is 0. The van der Waals surface area contributed by atoms with E-state index >= 15 is 0 Å². The van der Waals surface area contributed by atoms with Gasteiger partial charge in [0.15, 0.2) is 17.9 Å². The van der Waals surface area contributed by atoms with Gasteiger partial charge >= 0.3 is 0 Å². The predicted octanol–water partition coefficient (Wildman–Crippen LogP) is 1.24. The number of rotatable bonds is 3. The highest BCUT2D eigenvalue weighted by Crippen LogP contribution is 1.93. The van der Waals surface area contributed by atoms with Crippen LogP contribution in [0.4, 0.5) is 0 Å². The van der Waals surface area contributed by atoms with E-state index in [4.69, 9.17) is 4.74 Å². The highest BCUT2D eigenvalue weighted by Gasteiger charge is 2.07. The molecule has 1 aromatic rings. The monoisotopic (exact) mass is 166 g/mol. The molecule has 2 nitrogen and oxygen atoms in total. The van der Waals surface area contributed by atoms with Gasteiger partial charge in [-0.1, -0.05) is 0 Å². The summed E-state index contributed by atoms with van der Waals surface area (Å²) in [6.07, 6.45) is 0. The third kappa shape index (κ3) is 2.05. The molecule has 0 atom stereocenters. The van der Waals surface area contributed by atoms with E-state index < -0.39 is 0 Å². The Hall–Kier alpha value is -0.890. The molecule has 0 saturated carbocycles. The lowest BCUT2D eigenvalue weighted by Gasteiger charge is -2.02. The lowest BCUT2D eigenvalue weighted by atomic mass is 10.3. The van der Waals surface area contributed by atoms with Crippen molar-refractivity contribution in [1.82, 2.24) is 0 Å².